The van der Waals surface area contributed by atoms with Gasteiger partial charge in [0.05, 0.1) is 0 Å². The lowest BCUT2D eigenvalue weighted by Crippen LogP contribution is -2.44. The highest BCUT2D eigenvalue weighted by Crippen LogP contribution is 2.18. The molecule has 1 N–H and O–H groups in total. The second kappa shape index (κ2) is 5.31. The summed E-state index contributed by atoms with van der Waals surface area (Å²) in [7, 11) is 5.96. The van der Waals surface area contributed by atoms with E-state index in [1.807, 2.05) is 38.3 Å². The zero-order valence-electron chi connectivity index (χ0n) is 10.8. The second-order valence-electron chi connectivity index (χ2n) is 4.68. The van der Waals surface area contributed by atoms with Gasteiger partial charge in [0, 0.05) is 39.4 Å². The zero-order valence-corrected chi connectivity index (χ0v) is 10.8. The largest absolute Gasteiger partial charge is 0.355 e. The summed E-state index contributed by atoms with van der Waals surface area (Å²) < 4.78 is 0. The van der Waals surface area contributed by atoms with Crippen LogP contribution < -0.4 is 15.1 Å². The van der Waals surface area contributed by atoms with Crippen LogP contribution in [0.25, 0.3) is 0 Å². The maximum Gasteiger partial charge on any atom is 0.226 e. The number of aromatic nitrogens is 2. The highest BCUT2D eigenvalue weighted by atomic mass is 15.3. The molecule has 2 rings (SSSR count). The van der Waals surface area contributed by atoms with Crippen LogP contribution in [0.1, 0.15) is 12.8 Å². The van der Waals surface area contributed by atoms with Gasteiger partial charge >= 0.3 is 0 Å². The summed E-state index contributed by atoms with van der Waals surface area (Å²) in [4.78, 5) is 13.1. The highest BCUT2D eigenvalue weighted by Gasteiger charge is 2.19. The fraction of sp³-hybridized carbons (Fsp3) is 0.667. The smallest absolute Gasteiger partial charge is 0.226 e. The van der Waals surface area contributed by atoms with E-state index in [2.05, 4.69) is 20.2 Å². The molecule has 94 valence electrons. The average Bonchev–Trinajstić information content (AvgIpc) is 2.39. The lowest BCUT2D eigenvalue weighted by molar-refractivity contribution is 0.447. The minimum Gasteiger partial charge on any atom is -0.355 e. The Morgan fingerprint density at radius 3 is 3.00 bits per heavy atom. The first-order valence-corrected chi connectivity index (χ1v) is 6.13. The van der Waals surface area contributed by atoms with Gasteiger partial charge in [-0.25, -0.2) is 4.98 Å². The fourth-order valence-corrected chi connectivity index (χ4v) is 2.15. The van der Waals surface area contributed by atoms with E-state index in [0.717, 1.165) is 24.9 Å². The minimum absolute atomic E-state index is 0.571. The summed E-state index contributed by atoms with van der Waals surface area (Å²) >= 11 is 0. The molecule has 1 unspecified atom stereocenters. The Labute approximate surface area is 103 Å². The Balaban J connectivity index is 2.13. The average molecular weight is 235 g/mol. The first-order chi connectivity index (χ1) is 8.20. The summed E-state index contributed by atoms with van der Waals surface area (Å²) in [6.07, 6.45) is 4.30. The molecule has 5 heteroatoms. The molecule has 5 nitrogen and oxygen atoms in total. The van der Waals surface area contributed by atoms with E-state index in [-0.39, 0.29) is 0 Å². The van der Waals surface area contributed by atoms with Crippen LogP contribution in [-0.2, 0) is 0 Å². The van der Waals surface area contributed by atoms with Crippen molar-refractivity contribution < 1.29 is 0 Å². The Morgan fingerprint density at radius 1 is 1.47 bits per heavy atom. The summed E-state index contributed by atoms with van der Waals surface area (Å²) in [6, 6.07) is 2.56. The Kier molecular flexibility index (Phi) is 3.78. The number of hydrogen-bond acceptors (Lipinski definition) is 5. The van der Waals surface area contributed by atoms with Gasteiger partial charge in [0.25, 0.3) is 0 Å². The van der Waals surface area contributed by atoms with Gasteiger partial charge in [0.2, 0.25) is 5.95 Å². The van der Waals surface area contributed by atoms with E-state index in [1.165, 1.54) is 12.8 Å². The molecule has 0 bridgehead atoms. The third-order valence-corrected chi connectivity index (χ3v) is 3.18. The molecule has 17 heavy (non-hydrogen) atoms. The Hall–Kier alpha value is -1.36. The zero-order chi connectivity index (χ0) is 12.3. The van der Waals surface area contributed by atoms with E-state index in [9.17, 15) is 0 Å². The van der Waals surface area contributed by atoms with Gasteiger partial charge in [0.1, 0.15) is 5.82 Å². The van der Waals surface area contributed by atoms with Crippen LogP contribution in [0.4, 0.5) is 11.8 Å². The van der Waals surface area contributed by atoms with Crippen LogP contribution in [0.5, 0.6) is 0 Å². The normalized spacial score (nSPS) is 20.4. The number of anilines is 2. The molecule has 1 aliphatic heterocycles. The van der Waals surface area contributed by atoms with Crippen LogP contribution in [0.2, 0.25) is 0 Å². The van der Waals surface area contributed by atoms with Gasteiger partial charge in [-0.15, -0.1) is 0 Å². The SMILES string of the molecule is CNC1CCCN(c2ccnc(N(C)C)n2)C1. The third-order valence-electron chi connectivity index (χ3n) is 3.18. The van der Waals surface area contributed by atoms with Crippen molar-refractivity contribution >= 4 is 11.8 Å². The minimum atomic E-state index is 0.571. The van der Waals surface area contributed by atoms with E-state index in [4.69, 9.17) is 0 Å². The maximum absolute atomic E-state index is 4.58. The molecule has 1 fully saturated rings. The number of nitrogens with one attached hydrogen (secondary N) is 1. The van der Waals surface area contributed by atoms with Gasteiger partial charge in [-0.2, -0.15) is 4.98 Å². The molecule has 1 aliphatic rings. The van der Waals surface area contributed by atoms with E-state index < -0.39 is 0 Å². The van der Waals surface area contributed by atoms with Gasteiger partial charge in [0.15, 0.2) is 0 Å². The Morgan fingerprint density at radius 2 is 2.29 bits per heavy atom. The van der Waals surface area contributed by atoms with Gasteiger partial charge in [-0.05, 0) is 26.0 Å². The molecule has 1 saturated heterocycles. The molecule has 1 aromatic heterocycles. The first kappa shape index (κ1) is 12.1. The summed E-state index contributed by atoms with van der Waals surface area (Å²) in [5.74, 6) is 1.80. The lowest BCUT2D eigenvalue weighted by atomic mass is 10.1. The maximum atomic E-state index is 4.58. The monoisotopic (exact) mass is 235 g/mol. The lowest BCUT2D eigenvalue weighted by Gasteiger charge is -2.33. The van der Waals surface area contributed by atoms with Crippen molar-refractivity contribution in [3.05, 3.63) is 12.3 Å². The van der Waals surface area contributed by atoms with E-state index in [1.54, 1.807) is 0 Å². The Bertz CT molecular complexity index is 366. The first-order valence-electron chi connectivity index (χ1n) is 6.13. The third kappa shape index (κ3) is 2.85. The number of nitrogens with zero attached hydrogens (tertiary/aromatic N) is 4. The van der Waals surface area contributed by atoms with Crippen LogP contribution in [0.15, 0.2) is 12.3 Å². The number of hydrogen-bond donors (Lipinski definition) is 1. The van der Waals surface area contributed by atoms with Crippen LogP contribution in [0.3, 0.4) is 0 Å². The molecule has 0 radical (unpaired) electrons. The second-order valence-corrected chi connectivity index (χ2v) is 4.68. The molecule has 0 aromatic carbocycles. The topological polar surface area (TPSA) is 44.3 Å². The van der Waals surface area contributed by atoms with E-state index >= 15 is 0 Å². The molecular weight excluding hydrogens is 214 g/mol. The van der Waals surface area contributed by atoms with Crippen molar-refractivity contribution in [2.24, 2.45) is 0 Å². The van der Waals surface area contributed by atoms with Crippen LogP contribution >= 0.6 is 0 Å². The van der Waals surface area contributed by atoms with Crippen molar-refractivity contribution in [2.45, 2.75) is 18.9 Å². The van der Waals surface area contributed by atoms with Crippen molar-refractivity contribution in [3.63, 3.8) is 0 Å². The van der Waals surface area contributed by atoms with E-state index in [0.29, 0.717) is 6.04 Å². The standard InChI is InChI=1S/C12H21N5/c1-13-10-5-4-8-17(9-10)11-6-7-14-12(15-11)16(2)3/h6-7,10,13H,4-5,8-9H2,1-3H3. The highest BCUT2D eigenvalue weighted by molar-refractivity contribution is 5.43. The van der Waals surface area contributed by atoms with Crippen LogP contribution in [-0.4, -0.2) is 50.2 Å². The number of rotatable bonds is 3. The van der Waals surface area contributed by atoms with Gasteiger partial charge < -0.3 is 15.1 Å². The summed E-state index contributed by atoms with van der Waals surface area (Å²) in [6.45, 7) is 2.11. The van der Waals surface area contributed by atoms with Crippen molar-refractivity contribution in [3.8, 4) is 0 Å². The molecule has 1 atom stereocenters. The summed E-state index contributed by atoms with van der Waals surface area (Å²) in [5.41, 5.74) is 0. The van der Waals surface area contributed by atoms with Crippen LogP contribution in [0, 0.1) is 0 Å². The quantitative estimate of drug-likeness (QED) is 0.837. The molecule has 0 amide bonds. The van der Waals surface area contributed by atoms with Gasteiger partial charge in [-0.1, -0.05) is 0 Å². The molecule has 0 aliphatic carbocycles. The molecule has 1 aromatic rings. The predicted octanol–water partition coefficient (Wildman–Crippen LogP) is 0.731. The molecule has 0 saturated carbocycles. The van der Waals surface area contributed by atoms with Crippen molar-refractivity contribution in [2.75, 3.05) is 44.0 Å². The molecular formula is C12H21N5. The summed E-state index contributed by atoms with van der Waals surface area (Å²) in [5, 5.41) is 3.35. The fourth-order valence-electron chi connectivity index (χ4n) is 2.15. The molecule has 0 spiro atoms. The molecule has 2 heterocycles. The number of likely N-dealkylation sites (N-methyl/N-ethyl adjacent to an activating group) is 1. The number of piperidine rings is 1. The van der Waals surface area contributed by atoms with Crippen molar-refractivity contribution in [1.82, 2.24) is 15.3 Å². The van der Waals surface area contributed by atoms with Gasteiger partial charge in [-0.3, -0.25) is 0 Å². The van der Waals surface area contributed by atoms with Crippen molar-refractivity contribution in [1.29, 1.82) is 0 Å². The predicted molar refractivity (Wildman–Crippen MR) is 70.7 cm³/mol.